The quantitative estimate of drug-likeness (QED) is 0.588. The summed E-state index contributed by atoms with van der Waals surface area (Å²) < 4.78 is 0.526. The molecule has 0 bridgehead atoms. The summed E-state index contributed by atoms with van der Waals surface area (Å²) in [6.07, 6.45) is 6.77. The van der Waals surface area contributed by atoms with Gasteiger partial charge in [-0.1, -0.05) is 0 Å². The van der Waals surface area contributed by atoms with Crippen molar-refractivity contribution in [1.29, 1.82) is 0 Å². The zero-order valence-corrected chi connectivity index (χ0v) is 14.8. The maximum atomic E-state index is 2.45. The van der Waals surface area contributed by atoms with Crippen molar-refractivity contribution in [3.05, 3.63) is 34.4 Å². The standard InChI is InChI=1S/C16H21.Hf/c1-16(2,3)14-10-9-12-8-7-11-5-4-6-13(11)15(12)14;/h7-8H,4-6,9-10H2,1-3H3;. The first-order valence-electron chi connectivity index (χ1n) is 6.82. The van der Waals surface area contributed by atoms with Crippen LogP contribution < -0.4 is 0 Å². The number of aryl methyl sites for hydroxylation is 2. The number of benzene rings is 1. The fourth-order valence-electron chi connectivity index (χ4n) is 3.65. The number of hydrogen-bond acceptors (Lipinski definition) is 0. The molecule has 0 spiro atoms. The molecular formula is C16H21Hf. The number of hydrogen-bond donors (Lipinski definition) is 0. The van der Waals surface area contributed by atoms with Gasteiger partial charge in [0, 0.05) is 0 Å². The van der Waals surface area contributed by atoms with E-state index in [0.717, 1.165) is 0 Å². The number of rotatable bonds is 0. The molecule has 1 heteroatoms. The summed E-state index contributed by atoms with van der Waals surface area (Å²) in [5, 5.41) is 0. The van der Waals surface area contributed by atoms with E-state index in [9.17, 15) is 0 Å². The third-order valence-electron chi connectivity index (χ3n) is 4.85. The fourth-order valence-corrected chi connectivity index (χ4v) is 5.22. The molecule has 3 rings (SSSR count). The van der Waals surface area contributed by atoms with Crippen LogP contribution in [0.3, 0.4) is 0 Å². The van der Waals surface area contributed by atoms with Crippen molar-refractivity contribution in [1.82, 2.24) is 0 Å². The average molecular weight is 392 g/mol. The van der Waals surface area contributed by atoms with Gasteiger partial charge in [-0.2, -0.15) is 0 Å². The average Bonchev–Trinajstić information content (AvgIpc) is 2.81. The van der Waals surface area contributed by atoms with E-state index in [1.165, 1.54) is 56.5 Å². The molecule has 17 heavy (non-hydrogen) atoms. The molecule has 0 saturated heterocycles. The van der Waals surface area contributed by atoms with Crippen molar-refractivity contribution in [3.8, 4) is 0 Å². The Morgan fingerprint density at radius 3 is 2.47 bits per heavy atom. The van der Waals surface area contributed by atoms with Crippen molar-refractivity contribution in [2.45, 2.75) is 56.0 Å². The third-order valence-corrected chi connectivity index (χ3v) is 9.34. The normalized spacial score (nSPS) is 26.9. The molecule has 1 atom stereocenters. The van der Waals surface area contributed by atoms with Crippen LogP contribution in [0.2, 0.25) is 0 Å². The van der Waals surface area contributed by atoms with Gasteiger partial charge in [-0.3, -0.25) is 0 Å². The summed E-state index contributed by atoms with van der Waals surface area (Å²) in [7, 11) is 0. The van der Waals surface area contributed by atoms with Crippen LogP contribution in [0, 0.1) is 5.41 Å². The van der Waals surface area contributed by atoms with Gasteiger partial charge in [0.1, 0.15) is 0 Å². The van der Waals surface area contributed by atoms with Crippen LogP contribution in [0.5, 0.6) is 0 Å². The third kappa shape index (κ3) is 1.64. The Labute approximate surface area is 120 Å². The van der Waals surface area contributed by atoms with E-state index in [0.29, 0.717) is 8.59 Å². The molecule has 0 nitrogen and oxygen atoms in total. The maximum absolute atomic E-state index is 2.45. The molecule has 0 aromatic heterocycles. The molecule has 1 aromatic rings. The van der Waals surface area contributed by atoms with Crippen molar-refractivity contribution in [3.63, 3.8) is 0 Å². The van der Waals surface area contributed by atoms with Crippen LogP contribution in [0.1, 0.15) is 55.9 Å². The van der Waals surface area contributed by atoms with Crippen LogP contribution in [-0.4, -0.2) is 0 Å². The van der Waals surface area contributed by atoms with Gasteiger partial charge in [0.05, 0.1) is 0 Å². The molecule has 1 unspecified atom stereocenters. The van der Waals surface area contributed by atoms with Gasteiger partial charge < -0.3 is 0 Å². The summed E-state index contributed by atoms with van der Waals surface area (Å²) in [6, 6.07) is 4.85. The van der Waals surface area contributed by atoms with E-state index in [1.807, 2.05) is 0 Å². The Bertz CT molecular complexity index is 467. The molecule has 0 heterocycles. The SMILES string of the molecule is CC(C)(C)[C]1([Hf])CCc2ccc3c(c21)CCC3. The van der Waals surface area contributed by atoms with E-state index in [4.69, 9.17) is 0 Å². The van der Waals surface area contributed by atoms with Crippen molar-refractivity contribution < 1.29 is 24.4 Å². The van der Waals surface area contributed by atoms with E-state index < -0.39 is 0 Å². The Morgan fingerprint density at radius 2 is 1.76 bits per heavy atom. The van der Waals surface area contributed by atoms with Gasteiger partial charge in [-0.25, -0.2) is 0 Å². The molecule has 0 saturated carbocycles. The molecule has 2 aliphatic carbocycles. The van der Waals surface area contributed by atoms with Gasteiger partial charge in [0.15, 0.2) is 0 Å². The van der Waals surface area contributed by atoms with Crippen LogP contribution in [-0.2, 0) is 46.8 Å². The molecule has 0 amide bonds. The Hall–Kier alpha value is 0.0901. The van der Waals surface area contributed by atoms with Gasteiger partial charge in [0.2, 0.25) is 0 Å². The molecule has 0 fully saturated rings. The predicted molar refractivity (Wildman–Crippen MR) is 67.9 cm³/mol. The van der Waals surface area contributed by atoms with E-state index in [2.05, 4.69) is 32.9 Å². The fraction of sp³-hybridized carbons (Fsp3) is 0.625. The van der Waals surface area contributed by atoms with Gasteiger partial charge in [-0.05, 0) is 0 Å². The first-order valence-corrected chi connectivity index (χ1v) is 8.62. The molecular weight excluding hydrogens is 371 g/mol. The second-order valence-corrected chi connectivity index (χ2v) is 9.81. The number of fused-ring (bicyclic) bond motifs is 3. The predicted octanol–water partition coefficient (Wildman–Crippen LogP) is 3.91. The van der Waals surface area contributed by atoms with Crippen molar-refractivity contribution >= 4 is 0 Å². The van der Waals surface area contributed by atoms with Gasteiger partial charge in [0.25, 0.3) is 0 Å². The molecule has 0 radical (unpaired) electrons. The zero-order chi connectivity index (χ0) is 12.3. The minimum atomic E-state index is 0.433. The van der Waals surface area contributed by atoms with E-state index in [-0.39, 0.29) is 0 Å². The zero-order valence-electron chi connectivity index (χ0n) is 11.2. The topological polar surface area (TPSA) is 0 Å². The minimum absolute atomic E-state index is 0.433. The van der Waals surface area contributed by atoms with Gasteiger partial charge in [-0.15, -0.1) is 0 Å². The van der Waals surface area contributed by atoms with E-state index >= 15 is 0 Å². The van der Waals surface area contributed by atoms with Crippen LogP contribution in [0.25, 0.3) is 0 Å². The second-order valence-electron chi connectivity index (χ2n) is 6.75. The summed E-state index contributed by atoms with van der Waals surface area (Å²) in [5.41, 5.74) is 7.32. The van der Waals surface area contributed by atoms with E-state index in [1.54, 1.807) is 22.3 Å². The molecule has 1 aromatic carbocycles. The van der Waals surface area contributed by atoms with Crippen LogP contribution in [0.15, 0.2) is 12.1 Å². The Balaban J connectivity index is 2.23. The molecule has 0 aliphatic heterocycles. The van der Waals surface area contributed by atoms with Gasteiger partial charge >= 0.3 is 120 Å². The van der Waals surface area contributed by atoms with Crippen LogP contribution >= 0.6 is 0 Å². The second kappa shape index (κ2) is 3.79. The molecule has 2 aliphatic rings. The molecule has 0 N–H and O–H groups in total. The summed E-state index contributed by atoms with van der Waals surface area (Å²) in [4.78, 5) is 0. The van der Waals surface area contributed by atoms with Crippen LogP contribution in [0.4, 0.5) is 0 Å². The summed E-state index contributed by atoms with van der Waals surface area (Å²) >= 11 is 1.30. The Morgan fingerprint density at radius 1 is 1.06 bits per heavy atom. The summed E-state index contributed by atoms with van der Waals surface area (Å²) in [6.45, 7) is 7.34. The first-order chi connectivity index (χ1) is 7.93. The summed E-state index contributed by atoms with van der Waals surface area (Å²) in [5.74, 6) is 0. The molecule has 89 valence electrons. The first kappa shape index (κ1) is 12.1. The van der Waals surface area contributed by atoms with Crippen molar-refractivity contribution in [2.75, 3.05) is 0 Å². The monoisotopic (exact) mass is 393 g/mol. The van der Waals surface area contributed by atoms with Crippen molar-refractivity contribution in [2.24, 2.45) is 5.41 Å². The Kier molecular flexibility index (Phi) is 2.71.